The number of unbranched alkanes of at least 4 members (excludes halogenated alkanes) is 3. The maximum atomic E-state index is 14.6. The average Bonchev–Trinajstić information content (AvgIpc) is 4.03. The van der Waals surface area contributed by atoms with Crippen molar-refractivity contribution in [2.75, 3.05) is 13.7 Å². The molecule has 312 valence electrons. The summed E-state index contributed by atoms with van der Waals surface area (Å²) in [4.78, 5) is 66.8. The average molecular weight is 811 g/mol. The Morgan fingerprint density at radius 1 is 1.07 bits per heavy atom. The number of rotatable bonds is 18. The first-order valence-electron chi connectivity index (χ1n) is 19.7. The summed E-state index contributed by atoms with van der Waals surface area (Å²) in [6, 6.07) is 3.11. The number of methoxy groups -OCH3 is 1. The van der Waals surface area contributed by atoms with E-state index in [1.54, 1.807) is 53.0 Å². The number of likely N-dealkylation sites (tertiary alicyclic amines) is 1. The first-order valence-corrected chi connectivity index (χ1v) is 21.2. The normalized spacial score (nSPS) is 22.9. The van der Waals surface area contributed by atoms with Crippen molar-refractivity contribution in [1.82, 2.24) is 30.2 Å². The first-order chi connectivity index (χ1) is 26.8. The Hall–Kier alpha value is -4.73. The van der Waals surface area contributed by atoms with Crippen LogP contribution in [-0.4, -0.2) is 94.8 Å². The molecule has 1 aliphatic heterocycles. The highest BCUT2D eigenvalue weighted by atomic mass is 32.2. The molecule has 2 aromatic rings. The van der Waals surface area contributed by atoms with Gasteiger partial charge in [-0.1, -0.05) is 38.8 Å². The van der Waals surface area contributed by atoms with Gasteiger partial charge in [0.15, 0.2) is 0 Å². The molecule has 0 bridgehead atoms. The third kappa shape index (κ3) is 10.1. The molecule has 0 radical (unpaired) electrons. The number of sulfonamides is 1. The molecule has 5 rings (SSSR count). The minimum Gasteiger partial charge on any atom is -0.497 e. The number of fused-ring (bicyclic) bond motifs is 1. The Morgan fingerprint density at radius 3 is 2.39 bits per heavy atom. The van der Waals surface area contributed by atoms with Gasteiger partial charge in [0, 0.05) is 24.3 Å². The third-order valence-corrected chi connectivity index (χ3v) is 13.0. The van der Waals surface area contributed by atoms with Crippen molar-refractivity contribution < 1.29 is 41.8 Å². The lowest BCUT2D eigenvalue weighted by atomic mass is 10.0. The van der Waals surface area contributed by atoms with Crippen LogP contribution in [0.4, 0.5) is 4.79 Å². The number of hydrogen-bond donors (Lipinski definition) is 3. The van der Waals surface area contributed by atoms with Crippen LogP contribution in [0.15, 0.2) is 43.5 Å². The van der Waals surface area contributed by atoms with Gasteiger partial charge < -0.3 is 29.7 Å². The number of nitrogens with zero attached hydrogens (tertiary/aromatic N) is 3. The van der Waals surface area contributed by atoms with E-state index < -0.39 is 73.8 Å². The molecule has 15 nitrogen and oxygen atoms in total. The Labute approximate surface area is 335 Å². The molecule has 16 heteroatoms. The standard InChI is InChI=1S/C41H58N6O9S/c1-10-12-13-14-15-16-30(44-38(51)56-39(5,6)7)36(49)47-24-28(55-35-33(25(3)4)42-29-18-17-27(54-9)21-31(29)43-35)22-32(47)34(48)45-41(23-26(41)11-2)37(50)46-57(52,53)40(8)19-20-40/h10-11,17-18,21,25-26,28,30,32H,1-2,12-16,19-20,22-24H2,3-9H3,(H,44,51)(H,45,48)(H,46,50)/t26-,28-,30+,32+,41-/m1/s1. The Balaban J connectivity index is 1.47. The van der Waals surface area contributed by atoms with E-state index in [1.165, 1.54) is 11.0 Å². The molecule has 3 fully saturated rings. The van der Waals surface area contributed by atoms with Crippen molar-refractivity contribution in [2.45, 2.75) is 139 Å². The predicted octanol–water partition coefficient (Wildman–Crippen LogP) is 5.20. The maximum Gasteiger partial charge on any atom is 0.408 e. The minimum absolute atomic E-state index is 0.00173. The van der Waals surface area contributed by atoms with E-state index in [0.29, 0.717) is 41.7 Å². The van der Waals surface area contributed by atoms with Gasteiger partial charge in [-0.05, 0) is 78.4 Å². The molecule has 3 aliphatic rings. The quantitative estimate of drug-likeness (QED) is 0.132. The SMILES string of the molecule is C=CCCCCC[C@H](NC(=O)OC(C)(C)C)C(=O)N1C[C@H](Oc2nc3cc(OC)ccc3nc2C(C)C)C[C@H]1C(=O)N[C@]1(C(=O)NS(=O)(=O)C2(C)CC2)C[C@H]1C=C. The second-order valence-corrected chi connectivity index (χ2v) is 19.1. The van der Waals surface area contributed by atoms with Gasteiger partial charge in [0.1, 0.15) is 40.8 Å². The number of aromatic nitrogens is 2. The number of nitrogens with one attached hydrogen (secondary N) is 3. The highest BCUT2D eigenvalue weighted by Gasteiger charge is 2.63. The first kappa shape index (κ1) is 43.4. The number of allylic oxidation sites excluding steroid dienone is 1. The number of ether oxygens (including phenoxy) is 3. The van der Waals surface area contributed by atoms with Crippen LogP contribution in [0.2, 0.25) is 0 Å². The third-order valence-electron chi connectivity index (χ3n) is 10.8. The second-order valence-electron chi connectivity index (χ2n) is 16.9. The number of amides is 4. The van der Waals surface area contributed by atoms with Gasteiger partial charge >= 0.3 is 6.09 Å². The van der Waals surface area contributed by atoms with Crippen molar-refractivity contribution in [3.8, 4) is 11.6 Å². The zero-order chi connectivity index (χ0) is 41.9. The molecular weight excluding hydrogens is 753 g/mol. The summed E-state index contributed by atoms with van der Waals surface area (Å²) in [7, 11) is -2.46. The van der Waals surface area contributed by atoms with Crippen LogP contribution in [-0.2, 0) is 29.1 Å². The van der Waals surface area contributed by atoms with Crippen molar-refractivity contribution >= 4 is 44.9 Å². The molecule has 2 aliphatic carbocycles. The van der Waals surface area contributed by atoms with E-state index in [1.807, 2.05) is 19.9 Å². The van der Waals surface area contributed by atoms with Crippen LogP contribution in [0.1, 0.15) is 111 Å². The fourth-order valence-corrected chi connectivity index (χ4v) is 8.31. The van der Waals surface area contributed by atoms with Crippen LogP contribution in [0.5, 0.6) is 11.6 Å². The number of benzene rings is 1. The maximum absolute atomic E-state index is 14.6. The summed E-state index contributed by atoms with van der Waals surface area (Å²) < 4.78 is 44.7. The summed E-state index contributed by atoms with van der Waals surface area (Å²) in [5, 5.41) is 5.56. The van der Waals surface area contributed by atoms with Crippen molar-refractivity contribution in [3.63, 3.8) is 0 Å². The second kappa shape index (κ2) is 17.0. The molecule has 1 saturated heterocycles. The highest BCUT2D eigenvalue weighted by Crippen LogP contribution is 2.47. The Bertz CT molecular complexity index is 1990. The van der Waals surface area contributed by atoms with Crippen molar-refractivity contribution in [1.29, 1.82) is 0 Å². The zero-order valence-corrected chi connectivity index (χ0v) is 35.0. The lowest BCUT2D eigenvalue weighted by Gasteiger charge is -2.30. The molecule has 2 saturated carbocycles. The largest absolute Gasteiger partial charge is 0.497 e. The molecule has 5 atom stereocenters. The lowest BCUT2D eigenvalue weighted by Crippen LogP contribution is -2.58. The molecule has 0 spiro atoms. The Morgan fingerprint density at radius 2 is 1.79 bits per heavy atom. The van der Waals surface area contributed by atoms with Gasteiger partial charge in [-0.2, -0.15) is 0 Å². The van der Waals surface area contributed by atoms with Gasteiger partial charge in [-0.25, -0.2) is 23.2 Å². The molecular formula is C41H58N6O9S. The summed E-state index contributed by atoms with van der Waals surface area (Å²) in [6.45, 7) is 18.1. The van der Waals surface area contributed by atoms with Crippen LogP contribution < -0.4 is 24.8 Å². The predicted molar refractivity (Wildman–Crippen MR) is 215 cm³/mol. The van der Waals surface area contributed by atoms with E-state index in [-0.39, 0.29) is 37.6 Å². The van der Waals surface area contributed by atoms with E-state index in [9.17, 15) is 27.6 Å². The monoisotopic (exact) mass is 810 g/mol. The lowest BCUT2D eigenvalue weighted by molar-refractivity contribution is -0.141. The molecule has 0 unspecified atom stereocenters. The zero-order valence-electron chi connectivity index (χ0n) is 34.2. The van der Waals surface area contributed by atoms with Gasteiger partial charge in [0.2, 0.25) is 27.7 Å². The van der Waals surface area contributed by atoms with Crippen LogP contribution in [0.25, 0.3) is 11.0 Å². The van der Waals surface area contributed by atoms with Crippen molar-refractivity contribution in [3.05, 3.63) is 49.2 Å². The number of alkyl carbamates (subject to hydrolysis) is 1. The topological polar surface area (TPSA) is 195 Å². The summed E-state index contributed by atoms with van der Waals surface area (Å²) in [6.07, 6.45) is 6.02. The molecule has 1 aromatic carbocycles. The number of carbonyl (C=O) groups excluding carboxylic acids is 4. The smallest absolute Gasteiger partial charge is 0.408 e. The molecule has 4 amide bonds. The van der Waals surface area contributed by atoms with E-state index >= 15 is 0 Å². The van der Waals surface area contributed by atoms with Gasteiger partial charge in [-0.15, -0.1) is 13.2 Å². The van der Waals surface area contributed by atoms with E-state index in [0.717, 1.165) is 19.3 Å². The summed E-state index contributed by atoms with van der Waals surface area (Å²) in [5.41, 5.74) is -0.674. The fraction of sp³-hybridized carbons (Fsp3) is 0.610. The number of hydrogen-bond acceptors (Lipinski definition) is 11. The van der Waals surface area contributed by atoms with Gasteiger partial charge in [-0.3, -0.25) is 19.1 Å². The molecule has 2 heterocycles. The molecule has 57 heavy (non-hydrogen) atoms. The Kier molecular flexibility index (Phi) is 13.0. The van der Waals surface area contributed by atoms with Gasteiger partial charge in [0.05, 0.1) is 29.4 Å². The van der Waals surface area contributed by atoms with Crippen molar-refractivity contribution in [2.24, 2.45) is 5.92 Å². The van der Waals surface area contributed by atoms with E-state index in [4.69, 9.17) is 24.2 Å². The van der Waals surface area contributed by atoms with Crippen LogP contribution >= 0.6 is 0 Å². The van der Waals surface area contributed by atoms with E-state index in [2.05, 4.69) is 28.5 Å². The summed E-state index contributed by atoms with van der Waals surface area (Å²) >= 11 is 0. The van der Waals surface area contributed by atoms with Gasteiger partial charge in [0.25, 0.3) is 5.91 Å². The highest BCUT2D eigenvalue weighted by molar-refractivity contribution is 7.91. The minimum atomic E-state index is -4.01. The number of carbonyl (C=O) groups is 4. The van der Waals surface area contributed by atoms with Crippen LogP contribution in [0, 0.1) is 5.92 Å². The molecule has 1 aromatic heterocycles. The molecule has 3 N–H and O–H groups in total. The fourth-order valence-electron chi connectivity index (χ4n) is 6.99. The summed E-state index contributed by atoms with van der Waals surface area (Å²) in [5.74, 6) is -1.89. The van der Waals surface area contributed by atoms with Crippen LogP contribution in [0.3, 0.4) is 0 Å².